The molecule has 3 rings (SSSR count). The second-order valence-corrected chi connectivity index (χ2v) is 7.36. The van der Waals surface area contributed by atoms with Gasteiger partial charge in [-0.15, -0.1) is 0 Å². The zero-order valence-electron chi connectivity index (χ0n) is 17.3. The minimum absolute atomic E-state index is 0.0279. The third-order valence-electron chi connectivity index (χ3n) is 4.77. The highest BCUT2D eigenvalue weighted by Gasteiger charge is 2.23. The minimum atomic E-state index is -1.23. The summed E-state index contributed by atoms with van der Waals surface area (Å²) in [6.07, 6.45) is 1.22. The van der Waals surface area contributed by atoms with Crippen LogP contribution in [-0.4, -0.2) is 36.5 Å². The Balaban J connectivity index is 1.79. The second kappa shape index (κ2) is 8.19. The van der Waals surface area contributed by atoms with Crippen LogP contribution in [0.1, 0.15) is 43.4 Å². The van der Waals surface area contributed by atoms with E-state index in [4.69, 9.17) is 16.3 Å². The number of carboxylic acid groups (broad SMARTS) is 1. The molecule has 9 nitrogen and oxygen atoms in total. The van der Waals surface area contributed by atoms with Gasteiger partial charge in [0.05, 0.1) is 28.8 Å². The number of carbonyl (C=O) groups is 2. The Labute approximate surface area is 178 Å². The molecule has 158 valence electrons. The van der Waals surface area contributed by atoms with Crippen molar-refractivity contribution in [3.63, 3.8) is 0 Å². The molecule has 0 radical (unpaired) electrons. The molecular weight excluding hydrogens is 410 g/mol. The summed E-state index contributed by atoms with van der Waals surface area (Å²) in [7, 11) is 1.46. The Morgan fingerprint density at radius 3 is 2.43 bits per heavy atom. The molecule has 0 aliphatic rings. The molecule has 3 aromatic rings. The molecule has 2 aromatic heterocycles. The number of ether oxygens (including phenoxy) is 1. The third-order valence-corrected chi connectivity index (χ3v) is 5.37. The van der Waals surface area contributed by atoms with Crippen molar-refractivity contribution in [3.05, 3.63) is 57.1 Å². The molecule has 2 N–H and O–H groups in total. The number of hydrogen-bond acceptors (Lipinski definition) is 5. The number of aromatic carboxylic acids is 1. The Morgan fingerprint density at radius 2 is 1.83 bits per heavy atom. The van der Waals surface area contributed by atoms with Crippen LogP contribution in [0.15, 0.2) is 18.3 Å². The van der Waals surface area contributed by atoms with Crippen LogP contribution in [-0.2, 0) is 13.8 Å². The average molecular weight is 432 g/mol. The van der Waals surface area contributed by atoms with Crippen molar-refractivity contribution in [2.24, 2.45) is 7.05 Å². The van der Waals surface area contributed by atoms with Crippen LogP contribution in [0.5, 0.6) is 5.75 Å². The molecule has 0 aliphatic heterocycles. The van der Waals surface area contributed by atoms with Gasteiger partial charge in [0.1, 0.15) is 5.75 Å². The van der Waals surface area contributed by atoms with Gasteiger partial charge in [0, 0.05) is 12.1 Å². The molecule has 0 saturated heterocycles. The molecular formula is C20H22ClN5O4. The number of amides is 1. The first-order valence-corrected chi connectivity index (χ1v) is 9.48. The average Bonchev–Trinajstić information content (AvgIpc) is 3.19. The molecule has 0 spiro atoms. The first-order chi connectivity index (χ1) is 14.1. The molecule has 0 bridgehead atoms. The summed E-state index contributed by atoms with van der Waals surface area (Å²) in [5.74, 6) is -1.14. The Kier molecular flexibility index (Phi) is 5.84. The van der Waals surface area contributed by atoms with E-state index in [1.54, 1.807) is 18.5 Å². The molecule has 0 fully saturated rings. The standard InChI is InChI=1S/C20H22ClN5O4/c1-10-6-14(7-11(2)16(10)21)30-9-26-13(4)17(12(3)24-26)23-19(27)15-8-22-25(5)18(15)20(28)29/h6-8H,9H2,1-5H3,(H,23,27)(H,28,29). The highest BCUT2D eigenvalue weighted by atomic mass is 35.5. The van der Waals surface area contributed by atoms with E-state index in [0.29, 0.717) is 27.8 Å². The first kappa shape index (κ1) is 21.4. The van der Waals surface area contributed by atoms with Crippen molar-refractivity contribution in [2.45, 2.75) is 34.4 Å². The van der Waals surface area contributed by atoms with E-state index in [1.165, 1.54) is 13.2 Å². The number of aryl methyl sites for hydroxylation is 4. The van der Waals surface area contributed by atoms with Crippen LogP contribution in [0.2, 0.25) is 5.02 Å². The molecule has 1 aromatic carbocycles. The highest BCUT2D eigenvalue weighted by molar-refractivity contribution is 6.32. The topological polar surface area (TPSA) is 111 Å². The number of hydrogen-bond donors (Lipinski definition) is 2. The number of aromatic nitrogens is 4. The SMILES string of the molecule is Cc1cc(OCn2nc(C)c(NC(=O)c3cnn(C)c3C(=O)O)c2C)cc(C)c1Cl. The fourth-order valence-corrected chi connectivity index (χ4v) is 3.28. The third kappa shape index (κ3) is 4.02. The fourth-order valence-electron chi connectivity index (χ4n) is 3.17. The van der Waals surface area contributed by atoms with E-state index in [-0.39, 0.29) is 18.0 Å². The first-order valence-electron chi connectivity index (χ1n) is 9.10. The van der Waals surface area contributed by atoms with Gasteiger partial charge in [0.25, 0.3) is 5.91 Å². The number of nitrogens with zero attached hydrogens (tertiary/aromatic N) is 4. The van der Waals surface area contributed by atoms with Crippen molar-refractivity contribution < 1.29 is 19.4 Å². The molecule has 30 heavy (non-hydrogen) atoms. The van der Waals surface area contributed by atoms with E-state index in [0.717, 1.165) is 15.8 Å². The van der Waals surface area contributed by atoms with Crippen molar-refractivity contribution in [1.29, 1.82) is 0 Å². The van der Waals surface area contributed by atoms with Gasteiger partial charge in [0.2, 0.25) is 0 Å². The lowest BCUT2D eigenvalue weighted by molar-refractivity contribution is 0.0680. The summed E-state index contributed by atoms with van der Waals surface area (Å²) in [6.45, 7) is 7.48. The zero-order valence-corrected chi connectivity index (χ0v) is 18.0. The molecule has 0 unspecified atom stereocenters. The van der Waals surface area contributed by atoms with Crippen molar-refractivity contribution in [3.8, 4) is 5.75 Å². The largest absolute Gasteiger partial charge is 0.477 e. The van der Waals surface area contributed by atoms with Gasteiger partial charge in [-0.3, -0.25) is 9.48 Å². The van der Waals surface area contributed by atoms with Gasteiger partial charge >= 0.3 is 5.97 Å². The lowest BCUT2D eigenvalue weighted by Crippen LogP contribution is -2.18. The zero-order chi connectivity index (χ0) is 22.2. The summed E-state index contributed by atoms with van der Waals surface area (Å²) in [6, 6.07) is 3.69. The molecule has 0 saturated carbocycles. The van der Waals surface area contributed by atoms with Crippen LogP contribution in [0.25, 0.3) is 0 Å². The number of nitrogens with one attached hydrogen (secondary N) is 1. The molecule has 2 heterocycles. The monoisotopic (exact) mass is 431 g/mol. The van der Waals surface area contributed by atoms with Gasteiger partial charge in [0.15, 0.2) is 12.4 Å². The van der Waals surface area contributed by atoms with E-state index < -0.39 is 11.9 Å². The summed E-state index contributed by atoms with van der Waals surface area (Å²) in [5.41, 5.74) is 3.36. The second-order valence-electron chi connectivity index (χ2n) is 6.98. The number of anilines is 1. The number of carboxylic acids is 1. The Bertz CT molecular complexity index is 1130. The quantitative estimate of drug-likeness (QED) is 0.618. The lowest BCUT2D eigenvalue weighted by Gasteiger charge is -2.11. The number of benzene rings is 1. The Hall–Kier alpha value is -3.33. The van der Waals surface area contributed by atoms with Crippen LogP contribution in [0.3, 0.4) is 0 Å². The van der Waals surface area contributed by atoms with Crippen molar-refractivity contribution in [1.82, 2.24) is 19.6 Å². The van der Waals surface area contributed by atoms with Gasteiger partial charge in [-0.1, -0.05) is 11.6 Å². The maximum atomic E-state index is 12.6. The summed E-state index contributed by atoms with van der Waals surface area (Å²) in [4.78, 5) is 24.0. The van der Waals surface area contributed by atoms with Gasteiger partial charge in [-0.25, -0.2) is 9.48 Å². The molecule has 0 aliphatic carbocycles. The predicted molar refractivity (Wildman–Crippen MR) is 111 cm³/mol. The van der Waals surface area contributed by atoms with Gasteiger partial charge in [-0.2, -0.15) is 10.2 Å². The summed E-state index contributed by atoms with van der Waals surface area (Å²) in [5, 5.41) is 21.0. The van der Waals surface area contributed by atoms with Crippen LogP contribution in [0.4, 0.5) is 5.69 Å². The van der Waals surface area contributed by atoms with Crippen LogP contribution >= 0.6 is 11.6 Å². The van der Waals surface area contributed by atoms with Crippen molar-refractivity contribution in [2.75, 3.05) is 5.32 Å². The fraction of sp³-hybridized carbons (Fsp3) is 0.300. The normalized spacial score (nSPS) is 10.9. The summed E-state index contributed by atoms with van der Waals surface area (Å²) < 4.78 is 8.60. The smallest absolute Gasteiger partial charge is 0.354 e. The predicted octanol–water partition coefficient (Wildman–Crippen LogP) is 3.49. The minimum Gasteiger partial charge on any atom is -0.477 e. The number of carbonyl (C=O) groups excluding carboxylic acids is 1. The maximum Gasteiger partial charge on any atom is 0.354 e. The number of halogens is 1. The van der Waals surface area contributed by atoms with Crippen molar-refractivity contribution >= 4 is 29.2 Å². The van der Waals surface area contributed by atoms with E-state index >= 15 is 0 Å². The maximum absolute atomic E-state index is 12.6. The molecule has 1 amide bonds. The van der Waals surface area contributed by atoms with E-state index in [2.05, 4.69) is 15.5 Å². The summed E-state index contributed by atoms with van der Waals surface area (Å²) >= 11 is 6.19. The van der Waals surface area contributed by atoms with Gasteiger partial charge < -0.3 is 15.2 Å². The van der Waals surface area contributed by atoms with E-state index in [1.807, 2.05) is 26.0 Å². The Morgan fingerprint density at radius 1 is 1.20 bits per heavy atom. The molecule has 0 atom stereocenters. The number of rotatable bonds is 6. The van der Waals surface area contributed by atoms with E-state index in [9.17, 15) is 14.7 Å². The molecule has 10 heteroatoms. The van der Waals surface area contributed by atoms with Crippen LogP contribution < -0.4 is 10.1 Å². The van der Waals surface area contributed by atoms with Gasteiger partial charge in [-0.05, 0) is 51.0 Å². The lowest BCUT2D eigenvalue weighted by atomic mass is 10.1. The highest BCUT2D eigenvalue weighted by Crippen LogP contribution is 2.27. The van der Waals surface area contributed by atoms with Crippen LogP contribution in [0, 0.1) is 27.7 Å².